The first-order valence-electron chi connectivity index (χ1n) is 6.08. The van der Waals surface area contributed by atoms with Gasteiger partial charge in [0.05, 0.1) is 11.6 Å². The Hall–Kier alpha value is -1.33. The first kappa shape index (κ1) is 15.1. The highest BCUT2D eigenvalue weighted by Gasteiger charge is 2.14. The number of anilines is 1. The van der Waals surface area contributed by atoms with Crippen LogP contribution in [0.2, 0.25) is 0 Å². The molecule has 0 bridgehead atoms. The number of hydrogen-bond donors (Lipinski definition) is 2. The Morgan fingerprint density at radius 2 is 1.95 bits per heavy atom. The van der Waals surface area contributed by atoms with E-state index < -0.39 is 0 Å². The first-order valence-corrected chi connectivity index (χ1v) is 7.67. The summed E-state index contributed by atoms with van der Waals surface area (Å²) in [6, 6.07) is 12.9. The van der Waals surface area contributed by atoms with Crippen molar-refractivity contribution in [2.45, 2.75) is 13.0 Å². The maximum atomic E-state index is 12.3. The molecule has 0 aromatic heterocycles. The van der Waals surface area contributed by atoms with Crippen LogP contribution in [0.15, 0.2) is 51.4 Å². The van der Waals surface area contributed by atoms with Gasteiger partial charge in [-0.3, -0.25) is 4.79 Å². The van der Waals surface area contributed by atoms with E-state index in [4.69, 9.17) is 5.73 Å². The quantitative estimate of drug-likeness (QED) is 0.759. The third-order valence-corrected chi connectivity index (χ3v) is 4.12. The SMILES string of the molecule is C[C@@H](NC(=O)c1cc(N)ccc1Br)c1cccc(Br)c1. The lowest BCUT2D eigenvalue weighted by atomic mass is 10.1. The molecular formula is C15H14Br2N2O. The summed E-state index contributed by atoms with van der Waals surface area (Å²) in [5, 5.41) is 2.96. The van der Waals surface area contributed by atoms with Crippen LogP contribution >= 0.6 is 31.9 Å². The maximum absolute atomic E-state index is 12.3. The Balaban J connectivity index is 2.17. The highest BCUT2D eigenvalue weighted by Crippen LogP contribution is 2.22. The Bertz CT molecular complexity index is 644. The summed E-state index contributed by atoms with van der Waals surface area (Å²) in [5.41, 5.74) is 7.85. The molecular weight excluding hydrogens is 384 g/mol. The van der Waals surface area contributed by atoms with Gasteiger partial charge in [-0.15, -0.1) is 0 Å². The van der Waals surface area contributed by atoms with E-state index in [0.717, 1.165) is 14.5 Å². The molecule has 0 unspecified atom stereocenters. The van der Waals surface area contributed by atoms with Crippen LogP contribution in [0.4, 0.5) is 5.69 Å². The third-order valence-electron chi connectivity index (χ3n) is 2.93. The number of amides is 1. The van der Waals surface area contributed by atoms with Crippen molar-refractivity contribution in [1.29, 1.82) is 0 Å². The van der Waals surface area contributed by atoms with Gasteiger partial charge in [-0.05, 0) is 58.7 Å². The van der Waals surface area contributed by atoms with Crippen molar-refractivity contribution >= 4 is 43.5 Å². The predicted octanol–water partition coefficient (Wildman–Crippen LogP) is 4.28. The molecule has 20 heavy (non-hydrogen) atoms. The van der Waals surface area contributed by atoms with Gasteiger partial charge in [-0.25, -0.2) is 0 Å². The zero-order valence-electron chi connectivity index (χ0n) is 10.9. The summed E-state index contributed by atoms with van der Waals surface area (Å²) in [6.07, 6.45) is 0. The van der Waals surface area contributed by atoms with Gasteiger partial charge >= 0.3 is 0 Å². The van der Waals surface area contributed by atoms with E-state index in [2.05, 4.69) is 37.2 Å². The monoisotopic (exact) mass is 396 g/mol. The van der Waals surface area contributed by atoms with Crippen molar-refractivity contribution in [3.8, 4) is 0 Å². The fraction of sp³-hybridized carbons (Fsp3) is 0.133. The second kappa shape index (κ2) is 6.41. The number of halogens is 2. The molecule has 0 aliphatic rings. The lowest BCUT2D eigenvalue weighted by molar-refractivity contribution is 0.0939. The fourth-order valence-corrected chi connectivity index (χ4v) is 2.69. The standard InChI is InChI=1S/C15H14Br2N2O/c1-9(10-3-2-4-11(16)7-10)19-15(20)13-8-12(18)5-6-14(13)17/h2-9H,18H2,1H3,(H,19,20)/t9-/m1/s1. The first-order chi connectivity index (χ1) is 9.47. The van der Waals surface area contributed by atoms with E-state index in [1.54, 1.807) is 18.2 Å². The van der Waals surface area contributed by atoms with E-state index in [-0.39, 0.29) is 11.9 Å². The number of hydrogen-bond acceptors (Lipinski definition) is 2. The van der Waals surface area contributed by atoms with Crippen molar-refractivity contribution in [2.24, 2.45) is 0 Å². The molecule has 1 amide bonds. The lowest BCUT2D eigenvalue weighted by Crippen LogP contribution is -2.27. The molecule has 1 atom stereocenters. The molecule has 0 saturated carbocycles. The van der Waals surface area contributed by atoms with E-state index in [1.807, 2.05) is 31.2 Å². The summed E-state index contributed by atoms with van der Waals surface area (Å²) in [4.78, 5) is 12.3. The van der Waals surface area contributed by atoms with Crippen LogP contribution in [-0.2, 0) is 0 Å². The van der Waals surface area contributed by atoms with Crippen molar-refractivity contribution in [1.82, 2.24) is 5.32 Å². The molecule has 2 aromatic rings. The molecule has 0 radical (unpaired) electrons. The van der Waals surface area contributed by atoms with E-state index in [1.165, 1.54) is 0 Å². The van der Waals surface area contributed by atoms with Crippen molar-refractivity contribution in [3.63, 3.8) is 0 Å². The van der Waals surface area contributed by atoms with E-state index in [0.29, 0.717) is 11.3 Å². The molecule has 2 aromatic carbocycles. The van der Waals surface area contributed by atoms with Gasteiger partial charge in [-0.2, -0.15) is 0 Å². The second-order valence-electron chi connectivity index (χ2n) is 4.49. The van der Waals surface area contributed by atoms with Crippen LogP contribution in [0, 0.1) is 0 Å². The van der Waals surface area contributed by atoms with Crippen LogP contribution in [0.5, 0.6) is 0 Å². The molecule has 0 aliphatic heterocycles. The Labute approximate surface area is 134 Å². The van der Waals surface area contributed by atoms with Crippen LogP contribution < -0.4 is 11.1 Å². The van der Waals surface area contributed by atoms with Gasteiger partial charge < -0.3 is 11.1 Å². The Kier molecular flexibility index (Phi) is 4.83. The van der Waals surface area contributed by atoms with Crippen molar-refractivity contribution < 1.29 is 4.79 Å². The van der Waals surface area contributed by atoms with Crippen LogP contribution in [-0.4, -0.2) is 5.91 Å². The van der Waals surface area contributed by atoms with Gasteiger partial charge in [0, 0.05) is 14.6 Å². The number of benzene rings is 2. The van der Waals surface area contributed by atoms with E-state index in [9.17, 15) is 4.79 Å². The number of carbonyl (C=O) groups is 1. The molecule has 104 valence electrons. The summed E-state index contributed by atoms with van der Waals surface area (Å²) in [5.74, 6) is -0.156. The minimum atomic E-state index is -0.156. The number of rotatable bonds is 3. The van der Waals surface area contributed by atoms with Gasteiger partial charge in [0.1, 0.15) is 0 Å². The molecule has 0 heterocycles. The third kappa shape index (κ3) is 3.61. The molecule has 0 saturated heterocycles. The number of nitrogens with two attached hydrogens (primary N) is 1. The lowest BCUT2D eigenvalue weighted by Gasteiger charge is -2.15. The zero-order chi connectivity index (χ0) is 14.7. The summed E-state index contributed by atoms with van der Waals surface area (Å²) >= 11 is 6.79. The van der Waals surface area contributed by atoms with Crippen LogP contribution in [0.1, 0.15) is 28.9 Å². The molecule has 3 nitrogen and oxygen atoms in total. The second-order valence-corrected chi connectivity index (χ2v) is 6.26. The number of nitrogens with one attached hydrogen (secondary N) is 1. The summed E-state index contributed by atoms with van der Waals surface area (Å²) < 4.78 is 1.71. The Morgan fingerprint density at radius 1 is 1.20 bits per heavy atom. The largest absolute Gasteiger partial charge is 0.399 e. The summed E-state index contributed by atoms with van der Waals surface area (Å²) in [7, 11) is 0. The number of carbonyl (C=O) groups excluding carboxylic acids is 1. The van der Waals surface area contributed by atoms with Gasteiger partial charge in [0.15, 0.2) is 0 Å². The zero-order valence-corrected chi connectivity index (χ0v) is 14.0. The smallest absolute Gasteiger partial charge is 0.252 e. The van der Waals surface area contributed by atoms with Gasteiger partial charge in [-0.1, -0.05) is 28.1 Å². The van der Waals surface area contributed by atoms with Crippen LogP contribution in [0.3, 0.4) is 0 Å². The fourth-order valence-electron chi connectivity index (χ4n) is 1.85. The highest BCUT2D eigenvalue weighted by atomic mass is 79.9. The topological polar surface area (TPSA) is 55.1 Å². The van der Waals surface area contributed by atoms with E-state index >= 15 is 0 Å². The normalized spacial score (nSPS) is 11.9. The van der Waals surface area contributed by atoms with Gasteiger partial charge in [0.2, 0.25) is 0 Å². The highest BCUT2D eigenvalue weighted by molar-refractivity contribution is 9.10. The molecule has 0 aliphatic carbocycles. The molecule has 0 spiro atoms. The molecule has 3 N–H and O–H groups in total. The molecule has 5 heteroatoms. The van der Waals surface area contributed by atoms with Gasteiger partial charge in [0.25, 0.3) is 5.91 Å². The van der Waals surface area contributed by atoms with Crippen molar-refractivity contribution in [2.75, 3.05) is 5.73 Å². The number of nitrogen functional groups attached to an aromatic ring is 1. The minimum Gasteiger partial charge on any atom is -0.399 e. The summed E-state index contributed by atoms with van der Waals surface area (Å²) in [6.45, 7) is 1.94. The molecule has 0 fully saturated rings. The minimum absolute atomic E-state index is 0.0895. The average molecular weight is 398 g/mol. The maximum Gasteiger partial charge on any atom is 0.252 e. The predicted molar refractivity (Wildman–Crippen MR) is 88.6 cm³/mol. The van der Waals surface area contributed by atoms with Crippen molar-refractivity contribution in [3.05, 3.63) is 62.5 Å². The van der Waals surface area contributed by atoms with Crippen LogP contribution in [0.25, 0.3) is 0 Å². The Morgan fingerprint density at radius 3 is 2.65 bits per heavy atom. The average Bonchev–Trinajstić information content (AvgIpc) is 2.41. The molecule has 2 rings (SSSR count).